The highest BCUT2D eigenvalue weighted by Crippen LogP contribution is 2.33. The Bertz CT molecular complexity index is 1130. The molecule has 0 spiro atoms. The standard InChI is InChI=1S/C25H32N2O6S/c1-19-6-7-20(2)23(17-19)31-14-4-3-5-25(28)26-10-12-27(13-11-26)34(29,30)21-8-9-22-24(18-21)33-16-15-32-22/h6-9,17-18H,3-5,10-16H2,1-2H3. The number of aryl methyl sites for hydroxylation is 2. The van der Waals surface area contributed by atoms with Crippen molar-refractivity contribution in [3.8, 4) is 17.2 Å². The van der Waals surface area contributed by atoms with Crippen LogP contribution in [0, 0.1) is 13.8 Å². The molecule has 9 heteroatoms. The van der Waals surface area contributed by atoms with E-state index in [1.54, 1.807) is 17.0 Å². The predicted octanol–water partition coefficient (Wildman–Crippen LogP) is 3.16. The Kier molecular flexibility index (Phi) is 7.63. The van der Waals surface area contributed by atoms with Gasteiger partial charge in [-0.2, -0.15) is 4.31 Å². The lowest BCUT2D eigenvalue weighted by atomic mass is 10.1. The number of amides is 1. The van der Waals surface area contributed by atoms with Gasteiger partial charge < -0.3 is 19.1 Å². The van der Waals surface area contributed by atoms with Crippen molar-refractivity contribution >= 4 is 15.9 Å². The monoisotopic (exact) mass is 488 g/mol. The van der Waals surface area contributed by atoms with Gasteiger partial charge >= 0.3 is 0 Å². The summed E-state index contributed by atoms with van der Waals surface area (Å²) in [5.74, 6) is 1.95. The van der Waals surface area contributed by atoms with Gasteiger partial charge in [0.05, 0.1) is 11.5 Å². The molecule has 2 heterocycles. The van der Waals surface area contributed by atoms with Gasteiger partial charge in [-0.3, -0.25) is 4.79 Å². The third-order valence-electron chi connectivity index (χ3n) is 6.13. The summed E-state index contributed by atoms with van der Waals surface area (Å²) < 4.78 is 44.4. The predicted molar refractivity (Wildman–Crippen MR) is 128 cm³/mol. The highest BCUT2D eigenvalue weighted by Gasteiger charge is 2.31. The molecule has 1 saturated heterocycles. The lowest BCUT2D eigenvalue weighted by Gasteiger charge is -2.34. The van der Waals surface area contributed by atoms with E-state index in [-0.39, 0.29) is 23.9 Å². The second-order valence-electron chi connectivity index (χ2n) is 8.66. The average Bonchev–Trinajstić information content (AvgIpc) is 2.85. The highest BCUT2D eigenvalue weighted by molar-refractivity contribution is 7.89. The van der Waals surface area contributed by atoms with Crippen LogP contribution >= 0.6 is 0 Å². The van der Waals surface area contributed by atoms with Gasteiger partial charge in [0.1, 0.15) is 19.0 Å². The zero-order valence-corrected chi connectivity index (χ0v) is 20.6. The van der Waals surface area contributed by atoms with Gasteiger partial charge in [0.2, 0.25) is 15.9 Å². The van der Waals surface area contributed by atoms with E-state index in [1.165, 1.54) is 10.4 Å². The molecule has 0 atom stereocenters. The van der Waals surface area contributed by atoms with Gasteiger partial charge in [0.15, 0.2) is 11.5 Å². The van der Waals surface area contributed by atoms with E-state index in [1.807, 2.05) is 26.0 Å². The minimum Gasteiger partial charge on any atom is -0.493 e. The Labute approximate surface area is 201 Å². The van der Waals surface area contributed by atoms with Crippen molar-refractivity contribution in [2.75, 3.05) is 46.0 Å². The first-order valence-electron chi connectivity index (χ1n) is 11.7. The molecule has 2 aromatic carbocycles. The number of piperazine rings is 1. The maximum absolute atomic E-state index is 13.1. The summed E-state index contributed by atoms with van der Waals surface area (Å²) >= 11 is 0. The van der Waals surface area contributed by atoms with Crippen LogP contribution in [0.3, 0.4) is 0 Å². The van der Waals surface area contributed by atoms with Crippen molar-refractivity contribution < 1.29 is 27.4 Å². The van der Waals surface area contributed by atoms with E-state index in [0.717, 1.165) is 29.7 Å². The Hall–Kier alpha value is -2.78. The molecule has 0 bridgehead atoms. The molecule has 2 aromatic rings. The van der Waals surface area contributed by atoms with Crippen LogP contribution in [0.25, 0.3) is 0 Å². The minimum absolute atomic E-state index is 0.0584. The van der Waals surface area contributed by atoms with Crippen LogP contribution < -0.4 is 14.2 Å². The van der Waals surface area contributed by atoms with Crippen molar-refractivity contribution in [3.05, 3.63) is 47.5 Å². The topological polar surface area (TPSA) is 85.4 Å². The lowest BCUT2D eigenvalue weighted by molar-refractivity contribution is -0.132. The largest absolute Gasteiger partial charge is 0.493 e. The summed E-state index contributed by atoms with van der Waals surface area (Å²) in [6.07, 6.45) is 1.96. The number of fused-ring (bicyclic) bond motifs is 1. The second kappa shape index (κ2) is 10.7. The van der Waals surface area contributed by atoms with E-state index < -0.39 is 10.0 Å². The average molecular weight is 489 g/mol. The van der Waals surface area contributed by atoms with E-state index in [4.69, 9.17) is 14.2 Å². The second-order valence-corrected chi connectivity index (χ2v) is 10.6. The first-order chi connectivity index (χ1) is 16.3. The van der Waals surface area contributed by atoms with Crippen molar-refractivity contribution in [1.82, 2.24) is 9.21 Å². The molecule has 0 unspecified atom stereocenters. The van der Waals surface area contributed by atoms with Crippen molar-refractivity contribution in [2.45, 2.75) is 38.0 Å². The number of hydrogen-bond acceptors (Lipinski definition) is 6. The summed E-state index contributed by atoms with van der Waals surface area (Å²) in [6, 6.07) is 10.8. The smallest absolute Gasteiger partial charge is 0.243 e. The summed E-state index contributed by atoms with van der Waals surface area (Å²) in [6.45, 7) is 6.81. The van der Waals surface area contributed by atoms with Crippen LogP contribution in [-0.4, -0.2) is 69.5 Å². The fourth-order valence-electron chi connectivity index (χ4n) is 4.09. The fourth-order valence-corrected chi connectivity index (χ4v) is 5.53. The molecule has 2 aliphatic heterocycles. The van der Waals surface area contributed by atoms with Crippen molar-refractivity contribution in [1.29, 1.82) is 0 Å². The molecular weight excluding hydrogens is 456 g/mol. The minimum atomic E-state index is -3.66. The molecule has 0 aliphatic carbocycles. The van der Waals surface area contributed by atoms with Gasteiger partial charge in [0.25, 0.3) is 0 Å². The first kappa shape index (κ1) is 24.3. The molecular formula is C25H32N2O6S. The normalized spacial score (nSPS) is 16.4. The van der Waals surface area contributed by atoms with E-state index in [2.05, 4.69) is 6.07 Å². The van der Waals surface area contributed by atoms with Crippen molar-refractivity contribution in [3.63, 3.8) is 0 Å². The number of unbranched alkanes of at least 4 members (excludes halogenated alkanes) is 1. The van der Waals surface area contributed by atoms with Crippen LogP contribution in [0.1, 0.15) is 30.4 Å². The Morgan fingerprint density at radius 1 is 0.941 bits per heavy atom. The van der Waals surface area contributed by atoms with Crippen LogP contribution in [0.5, 0.6) is 17.2 Å². The van der Waals surface area contributed by atoms with Gasteiger partial charge in [-0.05, 0) is 56.0 Å². The zero-order chi connectivity index (χ0) is 24.1. The Balaban J connectivity index is 1.21. The molecule has 1 fully saturated rings. The van der Waals surface area contributed by atoms with Gasteiger partial charge in [-0.25, -0.2) is 8.42 Å². The molecule has 0 radical (unpaired) electrons. The zero-order valence-electron chi connectivity index (χ0n) is 19.8. The molecule has 4 rings (SSSR count). The number of carbonyl (C=O) groups is 1. The molecule has 0 N–H and O–H groups in total. The van der Waals surface area contributed by atoms with E-state index in [9.17, 15) is 13.2 Å². The SMILES string of the molecule is Cc1ccc(C)c(OCCCCC(=O)N2CCN(S(=O)(=O)c3ccc4c(c3)OCCO4)CC2)c1. The number of benzene rings is 2. The number of hydrogen-bond donors (Lipinski definition) is 0. The van der Waals surface area contributed by atoms with Gasteiger partial charge in [-0.15, -0.1) is 0 Å². The molecule has 184 valence electrons. The lowest BCUT2D eigenvalue weighted by Crippen LogP contribution is -2.50. The third kappa shape index (κ3) is 5.64. The number of rotatable bonds is 8. The molecule has 34 heavy (non-hydrogen) atoms. The summed E-state index contributed by atoms with van der Waals surface area (Å²) in [5.41, 5.74) is 2.26. The number of ether oxygens (including phenoxy) is 3. The number of sulfonamides is 1. The Morgan fingerprint density at radius 3 is 2.44 bits per heavy atom. The maximum atomic E-state index is 13.1. The molecule has 8 nitrogen and oxygen atoms in total. The summed E-state index contributed by atoms with van der Waals surface area (Å²) in [5, 5.41) is 0. The molecule has 1 amide bonds. The van der Waals surface area contributed by atoms with Crippen LogP contribution in [0.4, 0.5) is 0 Å². The van der Waals surface area contributed by atoms with Gasteiger partial charge in [0, 0.05) is 38.7 Å². The van der Waals surface area contributed by atoms with Crippen molar-refractivity contribution in [2.24, 2.45) is 0 Å². The first-order valence-corrected chi connectivity index (χ1v) is 13.2. The summed E-state index contributed by atoms with van der Waals surface area (Å²) in [7, 11) is -3.66. The van der Waals surface area contributed by atoms with Gasteiger partial charge in [-0.1, -0.05) is 12.1 Å². The Morgan fingerprint density at radius 2 is 1.68 bits per heavy atom. The molecule has 0 saturated carbocycles. The fraction of sp³-hybridized carbons (Fsp3) is 0.480. The van der Waals surface area contributed by atoms with E-state index >= 15 is 0 Å². The van der Waals surface area contributed by atoms with E-state index in [0.29, 0.717) is 50.8 Å². The maximum Gasteiger partial charge on any atom is 0.243 e. The molecule has 2 aliphatic rings. The van der Waals surface area contributed by atoms with Crippen LogP contribution in [0.15, 0.2) is 41.3 Å². The molecule has 0 aromatic heterocycles. The highest BCUT2D eigenvalue weighted by atomic mass is 32.2. The number of nitrogens with zero attached hydrogens (tertiary/aromatic N) is 2. The van der Waals surface area contributed by atoms with Crippen LogP contribution in [0.2, 0.25) is 0 Å². The quantitative estimate of drug-likeness (QED) is 0.531. The van der Waals surface area contributed by atoms with Crippen LogP contribution in [-0.2, 0) is 14.8 Å². The third-order valence-corrected chi connectivity index (χ3v) is 8.02. The number of carbonyl (C=O) groups excluding carboxylic acids is 1. The summed E-state index contributed by atoms with van der Waals surface area (Å²) in [4.78, 5) is 14.5.